The summed E-state index contributed by atoms with van der Waals surface area (Å²) in [6, 6.07) is 4.67. The highest BCUT2D eigenvalue weighted by atomic mass is 16.5. The summed E-state index contributed by atoms with van der Waals surface area (Å²) >= 11 is 0. The van der Waals surface area contributed by atoms with E-state index in [1.54, 1.807) is 12.3 Å². The van der Waals surface area contributed by atoms with Crippen LogP contribution in [0.1, 0.15) is 43.0 Å². The Bertz CT molecular complexity index is 576. The number of amides is 1. The van der Waals surface area contributed by atoms with Gasteiger partial charge in [0.05, 0.1) is 6.61 Å². The number of ether oxygens (including phenoxy) is 1. The van der Waals surface area contributed by atoms with Gasteiger partial charge >= 0.3 is 0 Å². The Morgan fingerprint density at radius 1 is 1.17 bits per heavy atom. The fourth-order valence-corrected chi connectivity index (χ4v) is 4.45. The first-order valence-electron chi connectivity index (χ1n) is 9.02. The van der Waals surface area contributed by atoms with E-state index in [0.717, 1.165) is 24.7 Å². The Kier molecular flexibility index (Phi) is 5.09. The Labute approximate surface area is 145 Å². The second-order valence-electron chi connectivity index (χ2n) is 7.44. The molecule has 2 unspecified atom stereocenters. The summed E-state index contributed by atoms with van der Waals surface area (Å²) in [7, 11) is 6.28. The minimum Gasteiger partial charge on any atom is -0.477 e. The number of nitrogens with zero attached hydrogens (tertiary/aromatic N) is 3. The zero-order valence-electron chi connectivity index (χ0n) is 15.2. The molecule has 1 amide bonds. The molecule has 0 saturated heterocycles. The molecule has 24 heavy (non-hydrogen) atoms. The van der Waals surface area contributed by atoms with Gasteiger partial charge in [-0.1, -0.05) is 0 Å². The Morgan fingerprint density at radius 3 is 2.38 bits per heavy atom. The van der Waals surface area contributed by atoms with E-state index in [4.69, 9.17) is 4.74 Å². The predicted molar refractivity (Wildman–Crippen MR) is 94.2 cm³/mol. The lowest BCUT2D eigenvalue weighted by Crippen LogP contribution is -2.36. The average molecular weight is 331 g/mol. The van der Waals surface area contributed by atoms with Gasteiger partial charge in [-0.2, -0.15) is 0 Å². The van der Waals surface area contributed by atoms with Gasteiger partial charge in [-0.15, -0.1) is 0 Å². The lowest BCUT2D eigenvalue weighted by atomic mass is 10.0. The van der Waals surface area contributed by atoms with E-state index in [-0.39, 0.29) is 5.91 Å². The van der Waals surface area contributed by atoms with Gasteiger partial charge in [0.25, 0.3) is 5.91 Å². The van der Waals surface area contributed by atoms with Gasteiger partial charge in [-0.05, 0) is 70.7 Å². The summed E-state index contributed by atoms with van der Waals surface area (Å²) in [6.07, 6.45) is 6.46. The molecular weight excluding hydrogens is 302 g/mol. The third-order valence-electron chi connectivity index (χ3n) is 5.85. The summed E-state index contributed by atoms with van der Waals surface area (Å²) in [5, 5.41) is 0. The second-order valence-corrected chi connectivity index (χ2v) is 7.44. The van der Waals surface area contributed by atoms with Crippen molar-refractivity contribution in [1.82, 2.24) is 14.8 Å². The van der Waals surface area contributed by atoms with E-state index >= 15 is 0 Å². The minimum absolute atomic E-state index is 0.0284. The molecule has 0 N–H and O–H groups in total. The fourth-order valence-electron chi connectivity index (χ4n) is 4.45. The highest BCUT2D eigenvalue weighted by Crippen LogP contribution is 2.46. The van der Waals surface area contributed by atoms with Crippen LogP contribution in [0.2, 0.25) is 0 Å². The SMILES string of the molecule is CCOc1ncccc1C(=O)N(C)C1C[C@H]2CC(N(C)C)C[C@H]2C1. The van der Waals surface area contributed by atoms with Gasteiger partial charge < -0.3 is 14.5 Å². The maximum absolute atomic E-state index is 12.9. The maximum atomic E-state index is 12.9. The zero-order valence-corrected chi connectivity index (χ0v) is 15.2. The molecule has 5 heteroatoms. The van der Waals surface area contributed by atoms with Gasteiger partial charge in [0.1, 0.15) is 5.56 Å². The van der Waals surface area contributed by atoms with Crippen LogP contribution >= 0.6 is 0 Å². The van der Waals surface area contributed by atoms with E-state index in [9.17, 15) is 4.79 Å². The molecule has 0 bridgehead atoms. The number of rotatable bonds is 5. The largest absolute Gasteiger partial charge is 0.477 e. The van der Waals surface area contributed by atoms with Gasteiger partial charge in [-0.25, -0.2) is 4.98 Å². The van der Waals surface area contributed by atoms with Crippen LogP contribution in [0.3, 0.4) is 0 Å². The Morgan fingerprint density at radius 2 is 1.79 bits per heavy atom. The molecule has 0 aromatic carbocycles. The molecular formula is C19H29N3O2. The molecule has 132 valence electrons. The molecule has 4 atom stereocenters. The molecule has 2 aliphatic carbocycles. The average Bonchev–Trinajstić information content (AvgIpc) is 3.13. The smallest absolute Gasteiger partial charge is 0.259 e. The lowest BCUT2D eigenvalue weighted by molar-refractivity contribution is 0.0721. The standard InChI is InChI=1S/C19H29N3O2/c1-5-24-18-17(7-6-8-20-18)19(23)22(4)16-11-13-9-15(21(2)3)10-14(13)12-16/h6-8,13-16H,5,9-12H2,1-4H3/t13-,14+,15?,16?. The Balaban J connectivity index is 1.66. The normalized spacial score (nSPS) is 28.9. The highest BCUT2D eigenvalue weighted by Gasteiger charge is 2.44. The van der Waals surface area contributed by atoms with Crippen LogP contribution in [0.4, 0.5) is 0 Å². The van der Waals surface area contributed by atoms with Crippen LogP contribution in [0.15, 0.2) is 18.3 Å². The van der Waals surface area contributed by atoms with Gasteiger partial charge in [0.2, 0.25) is 5.88 Å². The molecule has 1 heterocycles. The molecule has 2 fully saturated rings. The third kappa shape index (κ3) is 3.27. The van der Waals surface area contributed by atoms with Crippen molar-refractivity contribution in [3.63, 3.8) is 0 Å². The Hall–Kier alpha value is -1.62. The highest BCUT2D eigenvalue weighted by molar-refractivity contribution is 5.96. The number of carbonyl (C=O) groups excluding carboxylic acids is 1. The molecule has 2 aliphatic rings. The van der Waals surface area contributed by atoms with E-state index in [1.807, 2.05) is 24.9 Å². The molecule has 3 rings (SSSR count). The van der Waals surface area contributed by atoms with E-state index in [1.165, 1.54) is 12.8 Å². The van der Waals surface area contributed by atoms with Crippen LogP contribution in [0, 0.1) is 11.8 Å². The van der Waals surface area contributed by atoms with Gasteiger partial charge in [0.15, 0.2) is 0 Å². The third-order valence-corrected chi connectivity index (χ3v) is 5.85. The first kappa shape index (κ1) is 17.2. The lowest BCUT2D eigenvalue weighted by Gasteiger charge is -2.27. The minimum atomic E-state index is 0.0284. The van der Waals surface area contributed by atoms with Crippen LogP contribution in [-0.2, 0) is 0 Å². The van der Waals surface area contributed by atoms with Crippen molar-refractivity contribution in [1.29, 1.82) is 0 Å². The number of hydrogen-bond acceptors (Lipinski definition) is 4. The van der Waals surface area contributed by atoms with Gasteiger partial charge in [-0.3, -0.25) is 4.79 Å². The van der Waals surface area contributed by atoms with Crippen molar-refractivity contribution in [3.05, 3.63) is 23.9 Å². The van der Waals surface area contributed by atoms with Crippen molar-refractivity contribution < 1.29 is 9.53 Å². The summed E-state index contributed by atoms with van der Waals surface area (Å²) in [4.78, 5) is 21.4. The number of carbonyl (C=O) groups is 1. The van der Waals surface area contributed by atoms with Crippen LogP contribution in [0.25, 0.3) is 0 Å². The molecule has 1 aromatic rings. The molecule has 0 spiro atoms. The summed E-state index contributed by atoms with van der Waals surface area (Å²) in [5.41, 5.74) is 0.574. The van der Waals surface area contributed by atoms with Gasteiger partial charge in [0, 0.05) is 25.3 Å². The quantitative estimate of drug-likeness (QED) is 0.832. The first-order chi connectivity index (χ1) is 11.5. The molecule has 0 radical (unpaired) electrons. The summed E-state index contributed by atoms with van der Waals surface area (Å²) in [5.74, 6) is 2.00. The summed E-state index contributed by atoms with van der Waals surface area (Å²) in [6.45, 7) is 2.42. The maximum Gasteiger partial charge on any atom is 0.259 e. The van der Waals surface area contributed by atoms with Crippen molar-refractivity contribution in [2.75, 3.05) is 27.7 Å². The van der Waals surface area contributed by atoms with Crippen LogP contribution in [-0.4, -0.2) is 60.5 Å². The topological polar surface area (TPSA) is 45.7 Å². The van der Waals surface area contributed by atoms with Crippen molar-refractivity contribution in [2.24, 2.45) is 11.8 Å². The van der Waals surface area contributed by atoms with Crippen LogP contribution in [0.5, 0.6) is 5.88 Å². The van der Waals surface area contributed by atoms with Crippen molar-refractivity contribution in [2.45, 2.75) is 44.7 Å². The first-order valence-corrected chi connectivity index (χ1v) is 9.02. The molecule has 5 nitrogen and oxygen atoms in total. The number of fused-ring (bicyclic) bond motifs is 1. The number of aromatic nitrogens is 1. The number of hydrogen-bond donors (Lipinski definition) is 0. The van der Waals surface area contributed by atoms with Crippen molar-refractivity contribution >= 4 is 5.91 Å². The van der Waals surface area contributed by atoms with Crippen LogP contribution < -0.4 is 4.74 Å². The zero-order chi connectivity index (χ0) is 17.3. The van der Waals surface area contributed by atoms with E-state index < -0.39 is 0 Å². The summed E-state index contributed by atoms with van der Waals surface area (Å²) < 4.78 is 5.52. The van der Waals surface area contributed by atoms with Crippen molar-refractivity contribution in [3.8, 4) is 5.88 Å². The fraction of sp³-hybridized carbons (Fsp3) is 0.684. The molecule has 1 aromatic heterocycles. The van der Waals surface area contributed by atoms with E-state index in [2.05, 4.69) is 24.0 Å². The van der Waals surface area contributed by atoms with E-state index in [0.29, 0.717) is 30.1 Å². The monoisotopic (exact) mass is 331 g/mol. The predicted octanol–water partition coefficient (Wildman–Crippen LogP) is 2.67. The number of pyridine rings is 1. The molecule has 2 saturated carbocycles. The second kappa shape index (κ2) is 7.09. The molecule has 0 aliphatic heterocycles.